The molecule has 19 heavy (non-hydrogen) atoms. The van der Waals surface area contributed by atoms with Crippen molar-refractivity contribution in [1.82, 2.24) is 10.2 Å². The van der Waals surface area contributed by atoms with Gasteiger partial charge in [-0.1, -0.05) is 25.1 Å². The van der Waals surface area contributed by atoms with Crippen molar-refractivity contribution in [3.8, 4) is 5.75 Å². The number of nitrogens with one attached hydrogen (secondary N) is 1. The summed E-state index contributed by atoms with van der Waals surface area (Å²) < 4.78 is 5.75. The van der Waals surface area contributed by atoms with Gasteiger partial charge in [0.1, 0.15) is 5.75 Å². The summed E-state index contributed by atoms with van der Waals surface area (Å²) in [5, 5.41) is 3.25. The number of nitrogens with zero attached hydrogens (tertiary/aromatic N) is 1. The zero-order valence-electron chi connectivity index (χ0n) is 12.2. The monoisotopic (exact) mass is 262 g/mol. The molecule has 2 rings (SSSR count). The Labute approximate surface area is 116 Å². The van der Waals surface area contributed by atoms with Gasteiger partial charge in [0.2, 0.25) is 0 Å². The number of rotatable bonds is 7. The Kier molecular flexibility index (Phi) is 5.67. The lowest BCUT2D eigenvalue weighted by atomic mass is 9.92. The van der Waals surface area contributed by atoms with Gasteiger partial charge in [0.05, 0.1) is 6.61 Å². The van der Waals surface area contributed by atoms with Crippen molar-refractivity contribution in [1.29, 1.82) is 0 Å². The molecule has 0 amide bonds. The van der Waals surface area contributed by atoms with Crippen LogP contribution in [0.1, 0.15) is 31.2 Å². The van der Waals surface area contributed by atoms with E-state index in [4.69, 9.17) is 4.74 Å². The van der Waals surface area contributed by atoms with Gasteiger partial charge in [-0.3, -0.25) is 0 Å². The summed E-state index contributed by atoms with van der Waals surface area (Å²) >= 11 is 0. The van der Waals surface area contributed by atoms with Gasteiger partial charge in [-0.2, -0.15) is 0 Å². The van der Waals surface area contributed by atoms with E-state index in [1.807, 2.05) is 7.05 Å². The van der Waals surface area contributed by atoms with Gasteiger partial charge in [0.25, 0.3) is 0 Å². The predicted octanol–water partition coefficient (Wildman–Crippen LogP) is 2.48. The normalized spacial score (nSPS) is 18.2. The maximum Gasteiger partial charge on any atom is 0.122 e. The van der Waals surface area contributed by atoms with Crippen LogP contribution in [0.4, 0.5) is 0 Å². The quantitative estimate of drug-likeness (QED) is 0.817. The summed E-state index contributed by atoms with van der Waals surface area (Å²) in [6, 6.07) is 8.50. The Balaban J connectivity index is 2.01. The van der Waals surface area contributed by atoms with Crippen molar-refractivity contribution in [2.45, 2.75) is 25.7 Å². The third-order valence-corrected chi connectivity index (χ3v) is 3.78. The third kappa shape index (κ3) is 3.95. The second-order valence-corrected chi connectivity index (χ2v) is 5.28. The molecule has 1 N–H and O–H groups in total. The minimum Gasteiger partial charge on any atom is -0.493 e. The highest BCUT2D eigenvalue weighted by Gasteiger charge is 2.22. The van der Waals surface area contributed by atoms with Gasteiger partial charge in [-0.05, 0) is 38.1 Å². The predicted molar refractivity (Wildman–Crippen MR) is 80.0 cm³/mol. The first-order valence-corrected chi connectivity index (χ1v) is 7.43. The largest absolute Gasteiger partial charge is 0.493 e. The van der Waals surface area contributed by atoms with Gasteiger partial charge < -0.3 is 15.0 Å². The number of ether oxygens (including phenoxy) is 1. The van der Waals surface area contributed by atoms with Crippen LogP contribution in [0.3, 0.4) is 0 Å². The maximum absolute atomic E-state index is 5.75. The van der Waals surface area contributed by atoms with E-state index in [9.17, 15) is 0 Å². The van der Waals surface area contributed by atoms with Gasteiger partial charge in [-0.15, -0.1) is 0 Å². The second-order valence-electron chi connectivity index (χ2n) is 5.28. The smallest absolute Gasteiger partial charge is 0.122 e. The number of fused-ring (bicyclic) bond motifs is 1. The average molecular weight is 262 g/mol. The minimum absolute atomic E-state index is 0.619. The number of likely N-dealkylation sites (N-methyl/N-ethyl adjacent to an activating group) is 1. The molecule has 0 saturated carbocycles. The van der Waals surface area contributed by atoms with Crippen LogP contribution in [0.5, 0.6) is 5.75 Å². The van der Waals surface area contributed by atoms with Crippen LogP contribution in [0.15, 0.2) is 24.3 Å². The summed E-state index contributed by atoms with van der Waals surface area (Å²) in [4.78, 5) is 2.57. The SMILES string of the molecule is CCCN(CCNC)CC1CCOc2ccccc21. The molecular formula is C16H26N2O. The van der Waals surface area contributed by atoms with Crippen LogP contribution in [-0.2, 0) is 0 Å². The van der Waals surface area contributed by atoms with E-state index in [0.717, 1.165) is 38.4 Å². The Morgan fingerprint density at radius 1 is 1.32 bits per heavy atom. The molecule has 3 nitrogen and oxygen atoms in total. The zero-order valence-corrected chi connectivity index (χ0v) is 12.2. The molecule has 1 aromatic rings. The molecule has 0 aliphatic carbocycles. The zero-order chi connectivity index (χ0) is 13.5. The Hall–Kier alpha value is -1.06. The van der Waals surface area contributed by atoms with E-state index in [1.54, 1.807) is 0 Å². The molecule has 0 aromatic heterocycles. The lowest BCUT2D eigenvalue weighted by Crippen LogP contribution is -2.36. The summed E-state index contributed by atoms with van der Waals surface area (Å²) in [6.45, 7) is 7.63. The first-order chi connectivity index (χ1) is 9.35. The van der Waals surface area contributed by atoms with Crippen LogP contribution in [0.2, 0.25) is 0 Å². The summed E-state index contributed by atoms with van der Waals surface area (Å²) in [6.07, 6.45) is 2.35. The van der Waals surface area contributed by atoms with E-state index in [0.29, 0.717) is 5.92 Å². The van der Waals surface area contributed by atoms with E-state index in [-0.39, 0.29) is 0 Å². The molecule has 0 fully saturated rings. The molecular weight excluding hydrogens is 236 g/mol. The first kappa shape index (κ1) is 14.4. The number of hydrogen-bond acceptors (Lipinski definition) is 3. The molecule has 0 radical (unpaired) electrons. The Morgan fingerprint density at radius 3 is 2.95 bits per heavy atom. The van der Waals surface area contributed by atoms with Crippen LogP contribution >= 0.6 is 0 Å². The number of benzene rings is 1. The van der Waals surface area contributed by atoms with Crippen molar-refractivity contribution in [2.75, 3.05) is 39.8 Å². The third-order valence-electron chi connectivity index (χ3n) is 3.78. The molecule has 1 unspecified atom stereocenters. The van der Waals surface area contributed by atoms with Crippen molar-refractivity contribution in [2.24, 2.45) is 0 Å². The van der Waals surface area contributed by atoms with Crippen molar-refractivity contribution in [3.05, 3.63) is 29.8 Å². The molecule has 106 valence electrons. The highest BCUT2D eigenvalue weighted by atomic mass is 16.5. The van der Waals surface area contributed by atoms with Gasteiger partial charge in [0.15, 0.2) is 0 Å². The van der Waals surface area contributed by atoms with Gasteiger partial charge >= 0.3 is 0 Å². The molecule has 1 atom stereocenters. The standard InChI is InChI=1S/C16H26N2O/c1-3-10-18(11-9-17-2)13-14-8-12-19-16-7-5-4-6-15(14)16/h4-7,14,17H,3,8-13H2,1-2H3. The lowest BCUT2D eigenvalue weighted by Gasteiger charge is -2.31. The fraction of sp³-hybridized carbons (Fsp3) is 0.625. The highest BCUT2D eigenvalue weighted by Crippen LogP contribution is 2.33. The van der Waals surface area contributed by atoms with Crippen LogP contribution in [0.25, 0.3) is 0 Å². The van der Waals surface area contributed by atoms with Gasteiger partial charge in [-0.25, -0.2) is 0 Å². The van der Waals surface area contributed by atoms with Crippen LogP contribution < -0.4 is 10.1 Å². The fourth-order valence-electron chi connectivity index (χ4n) is 2.80. The topological polar surface area (TPSA) is 24.5 Å². The molecule has 0 spiro atoms. The van der Waals surface area contributed by atoms with Crippen LogP contribution in [-0.4, -0.2) is 44.7 Å². The molecule has 1 aromatic carbocycles. The van der Waals surface area contributed by atoms with Crippen molar-refractivity contribution in [3.63, 3.8) is 0 Å². The lowest BCUT2D eigenvalue weighted by molar-refractivity contribution is 0.212. The molecule has 0 bridgehead atoms. The molecule has 0 saturated heterocycles. The fourth-order valence-corrected chi connectivity index (χ4v) is 2.80. The van der Waals surface area contributed by atoms with Crippen molar-refractivity contribution < 1.29 is 4.74 Å². The summed E-state index contributed by atoms with van der Waals surface area (Å²) in [7, 11) is 2.02. The Morgan fingerprint density at radius 2 is 2.16 bits per heavy atom. The second kappa shape index (κ2) is 7.51. The van der Waals surface area contributed by atoms with E-state index in [2.05, 4.69) is 41.4 Å². The van der Waals surface area contributed by atoms with E-state index < -0.39 is 0 Å². The van der Waals surface area contributed by atoms with Crippen LogP contribution in [0, 0.1) is 0 Å². The first-order valence-electron chi connectivity index (χ1n) is 7.43. The van der Waals surface area contributed by atoms with Crippen molar-refractivity contribution >= 4 is 0 Å². The summed E-state index contributed by atoms with van der Waals surface area (Å²) in [5.74, 6) is 1.71. The molecule has 1 aliphatic heterocycles. The molecule has 1 heterocycles. The number of para-hydroxylation sites is 1. The number of hydrogen-bond donors (Lipinski definition) is 1. The van der Waals surface area contributed by atoms with Gasteiger partial charge in [0, 0.05) is 25.6 Å². The summed E-state index contributed by atoms with van der Waals surface area (Å²) in [5.41, 5.74) is 1.39. The molecule has 1 aliphatic rings. The van der Waals surface area contributed by atoms with E-state index >= 15 is 0 Å². The Bertz CT molecular complexity index is 381. The maximum atomic E-state index is 5.75. The van der Waals surface area contributed by atoms with E-state index in [1.165, 1.54) is 18.5 Å². The highest BCUT2D eigenvalue weighted by molar-refractivity contribution is 5.37. The minimum atomic E-state index is 0.619. The average Bonchev–Trinajstić information content (AvgIpc) is 2.45. The molecule has 3 heteroatoms.